The van der Waals surface area contributed by atoms with Crippen molar-refractivity contribution >= 4 is 28.4 Å². The SMILES string of the molecule is C=CCNC(=O)c1cc2c(=O)n3cccc(C)c3nc2[n+](C[C@@H]2CCCO2)c1N. The number of amides is 1. The fourth-order valence-corrected chi connectivity index (χ4v) is 3.73. The number of hydrogen-bond donors (Lipinski definition) is 2. The van der Waals surface area contributed by atoms with E-state index in [1.54, 1.807) is 22.9 Å². The number of aromatic nitrogens is 3. The Kier molecular flexibility index (Phi) is 5.02. The Labute approximate surface area is 167 Å². The van der Waals surface area contributed by atoms with Gasteiger partial charge in [-0.1, -0.05) is 17.1 Å². The zero-order valence-electron chi connectivity index (χ0n) is 16.4. The summed E-state index contributed by atoms with van der Waals surface area (Å²) in [5.74, 6) is -0.0986. The summed E-state index contributed by atoms with van der Waals surface area (Å²) in [6.07, 6.45) is 5.10. The first kappa shape index (κ1) is 19.1. The first-order chi connectivity index (χ1) is 14.0. The number of fused-ring (bicyclic) bond motifs is 2. The topological polar surface area (TPSA) is 103 Å². The number of nitrogens with one attached hydrogen (secondary N) is 1. The molecule has 1 saturated heterocycles. The molecular weight excluding hydrogens is 370 g/mol. The first-order valence-corrected chi connectivity index (χ1v) is 9.66. The summed E-state index contributed by atoms with van der Waals surface area (Å²) in [4.78, 5) is 30.6. The van der Waals surface area contributed by atoms with Crippen LogP contribution >= 0.6 is 0 Å². The minimum Gasteiger partial charge on any atom is -0.375 e. The van der Waals surface area contributed by atoms with Gasteiger partial charge in [-0.2, -0.15) is 0 Å². The van der Waals surface area contributed by atoms with Crippen molar-refractivity contribution in [2.45, 2.75) is 32.4 Å². The maximum absolute atomic E-state index is 13.2. The maximum atomic E-state index is 13.2. The van der Waals surface area contributed by atoms with Gasteiger partial charge in [0, 0.05) is 24.9 Å². The smallest absolute Gasteiger partial charge is 0.278 e. The second-order valence-electron chi connectivity index (χ2n) is 7.23. The van der Waals surface area contributed by atoms with Crippen molar-refractivity contribution in [3.05, 3.63) is 58.5 Å². The van der Waals surface area contributed by atoms with Crippen LogP contribution in [0, 0.1) is 6.92 Å². The molecule has 0 bridgehead atoms. The molecule has 1 aliphatic heterocycles. The van der Waals surface area contributed by atoms with Gasteiger partial charge in [-0.3, -0.25) is 14.0 Å². The Morgan fingerprint density at radius 2 is 2.38 bits per heavy atom. The van der Waals surface area contributed by atoms with Gasteiger partial charge in [-0.25, -0.2) is 4.57 Å². The fraction of sp³-hybridized carbons (Fsp3) is 0.333. The number of aryl methyl sites for hydroxylation is 1. The molecule has 1 fully saturated rings. The van der Waals surface area contributed by atoms with E-state index in [2.05, 4.69) is 11.9 Å². The van der Waals surface area contributed by atoms with Crippen LogP contribution in [0.25, 0.3) is 16.7 Å². The number of hydrogen-bond acceptors (Lipinski definition) is 5. The lowest BCUT2D eigenvalue weighted by molar-refractivity contribution is -0.666. The van der Waals surface area contributed by atoms with Crippen molar-refractivity contribution in [1.82, 2.24) is 14.7 Å². The summed E-state index contributed by atoms with van der Waals surface area (Å²) in [6.45, 7) is 6.94. The quantitative estimate of drug-likeness (QED) is 0.384. The average molecular weight is 394 g/mol. The van der Waals surface area contributed by atoms with E-state index in [9.17, 15) is 9.59 Å². The predicted octanol–water partition coefficient (Wildman–Crippen LogP) is 1.12. The van der Waals surface area contributed by atoms with Crippen LogP contribution in [0.4, 0.5) is 5.82 Å². The van der Waals surface area contributed by atoms with Gasteiger partial charge in [0.15, 0.2) is 0 Å². The first-order valence-electron chi connectivity index (χ1n) is 9.66. The summed E-state index contributed by atoms with van der Waals surface area (Å²) < 4.78 is 9.00. The third-order valence-electron chi connectivity index (χ3n) is 5.24. The zero-order valence-corrected chi connectivity index (χ0v) is 16.4. The Morgan fingerprint density at radius 1 is 1.55 bits per heavy atom. The van der Waals surface area contributed by atoms with Gasteiger partial charge in [0.25, 0.3) is 17.1 Å². The van der Waals surface area contributed by atoms with Crippen molar-refractivity contribution < 1.29 is 14.1 Å². The highest BCUT2D eigenvalue weighted by molar-refractivity contribution is 6.00. The van der Waals surface area contributed by atoms with Crippen molar-refractivity contribution in [3.8, 4) is 0 Å². The number of nitrogen functional groups attached to an aromatic ring is 1. The standard InChI is InChI=1S/C21H23N5O3/c1-3-8-23-20(27)15-11-16-19(26(17(15)22)12-14-7-5-10-29-14)24-18-13(2)6-4-9-25(18)21(16)28/h3-4,6,9,11,14,22H,1,5,7-8,10,12H2,2H3,(H,23,27)/p+1/t14-/m0/s1. The Balaban J connectivity index is 2.00. The van der Waals surface area contributed by atoms with Gasteiger partial charge in [-0.15, -0.1) is 6.58 Å². The molecule has 8 heteroatoms. The van der Waals surface area contributed by atoms with E-state index >= 15 is 0 Å². The molecule has 0 unspecified atom stereocenters. The molecular formula is C21H24N5O3+. The predicted molar refractivity (Wildman–Crippen MR) is 110 cm³/mol. The van der Waals surface area contributed by atoms with Crippen LogP contribution in [0.5, 0.6) is 0 Å². The molecule has 0 aliphatic carbocycles. The minimum atomic E-state index is -0.362. The molecule has 4 heterocycles. The highest BCUT2D eigenvalue weighted by Gasteiger charge is 2.27. The highest BCUT2D eigenvalue weighted by atomic mass is 16.5. The minimum absolute atomic E-state index is 0.0332. The van der Waals surface area contributed by atoms with Crippen LogP contribution < -0.4 is 21.2 Å². The summed E-state index contributed by atoms with van der Waals surface area (Å²) in [5.41, 5.74) is 8.30. The molecule has 1 amide bonds. The lowest BCUT2D eigenvalue weighted by atomic mass is 10.1. The van der Waals surface area contributed by atoms with E-state index in [1.807, 2.05) is 13.0 Å². The molecule has 150 valence electrons. The van der Waals surface area contributed by atoms with Crippen LogP contribution in [0.1, 0.15) is 28.8 Å². The molecule has 3 N–H and O–H groups in total. The van der Waals surface area contributed by atoms with Gasteiger partial charge < -0.3 is 15.8 Å². The molecule has 8 nitrogen and oxygen atoms in total. The molecule has 3 aromatic rings. The lowest BCUT2D eigenvalue weighted by Gasteiger charge is -2.15. The Hall–Kier alpha value is -3.26. The van der Waals surface area contributed by atoms with E-state index in [-0.39, 0.29) is 29.0 Å². The van der Waals surface area contributed by atoms with Gasteiger partial charge >= 0.3 is 0 Å². The monoisotopic (exact) mass is 394 g/mol. The van der Waals surface area contributed by atoms with Crippen LogP contribution in [-0.4, -0.2) is 34.5 Å². The fourth-order valence-electron chi connectivity index (χ4n) is 3.73. The van der Waals surface area contributed by atoms with Gasteiger partial charge in [-0.05, 0) is 31.9 Å². The van der Waals surface area contributed by atoms with Gasteiger partial charge in [0.1, 0.15) is 10.9 Å². The summed E-state index contributed by atoms with van der Waals surface area (Å²) in [6, 6.07) is 5.23. The Bertz CT molecular complexity index is 1180. The van der Waals surface area contributed by atoms with Crippen molar-refractivity contribution in [2.24, 2.45) is 0 Å². The summed E-state index contributed by atoms with van der Waals surface area (Å²) in [5, 5.41) is 3.07. The number of pyridine rings is 2. The van der Waals surface area contributed by atoms with Crippen LogP contribution in [0.15, 0.2) is 41.8 Å². The van der Waals surface area contributed by atoms with E-state index < -0.39 is 0 Å². The average Bonchev–Trinajstić information content (AvgIpc) is 3.22. The molecule has 1 atom stereocenters. The summed E-state index contributed by atoms with van der Waals surface area (Å²) in [7, 11) is 0. The molecule has 0 spiro atoms. The molecule has 1 aliphatic rings. The second kappa shape index (κ2) is 7.63. The number of nitrogens with two attached hydrogens (primary N) is 1. The normalized spacial score (nSPS) is 16.4. The molecule has 0 radical (unpaired) electrons. The number of rotatable bonds is 5. The highest BCUT2D eigenvalue weighted by Crippen LogP contribution is 2.18. The zero-order chi connectivity index (χ0) is 20.5. The van der Waals surface area contributed by atoms with E-state index in [4.69, 9.17) is 15.5 Å². The largest absolute Gasteiger partial charge is 0.375 e. The van der Waals surface area contributed by atoms with Gasteiger partial charge in [0.05, 0.1) is 12.6 Å². The van der Waals surface area contributed by atoms with E-state index in [0.29, 0.717) is 36.4 Å². The number of carbonyl (C=O) groups excluding carboxylic acids is 1. The molecule has 3 aromatic heterocycles. The van der Waals surface area contributed by atoms with Crippen molar-refractivity contribution in [2.75, 3.05) is 18.9 Å². The number of carbonyl (C=O) groups is 1. The molecule has 4 rings (SSSR count). The number of anilines is 1. The van der Waals surface area contributed by atoms with Crippen LogP contribution in [0.3, 0.4) is 0 Å². The van der Waals surface area contributed by atoms with E-state index in [0.717, 1.165) is 18.4 Å². The maximum Gasteiger partial charge on any atom is 0.278 e. The summed E-state index contributed by atoms with van der Waals surface area (Å²) >= 11 is 0. The van der Waals surface area contributed by atoms with Crippen molar-refractivity contribution in [1.29, 1.82) is 0 Å². The number of ether oxygens (including phenoxy) is 1. The molecule has 0 aromatic carbocycles. The molecule has 0 saturated carbocycles. The van der Waals surface area contributed by atoms with Crippen molar-refractivity contribution in [3.63, 3.8) is 0 Å². The third kappa shape index (κ3) is 3.36. The van der Waals surface area contributed by atoms with E-state index in [1.165, 1.54) is 10.5 Å². The van der Waals surface area contributed by atoms with Crippen LogP contribution in [0.2, 0.25) is 0 Å². The second-order valence-corrected chi connectivity index (χ2v) is 7.23. The lowest BCUT2D eigenvalue weighted by Crippen LogP contribution is -2.46. The third-order valence-corrected chi connectivity index (χ3v) is 5.24. The molecule has 29 heavy (non-hydrogen) atoms. The van der Waals surface area contributed by atoms with Crippen LogP contribution in [-0.2, 0) is 11.3 Å². The van der Waals surface area contributed by atoms with Gasteiger partial charge in [0.2, 0.25) is 11.5 Å². The number of nitrogens with zero attached hydrogens (tertiary/aromatic N) is 3. The Morgan fingerprint density at radius 3 is 3.10 bits per heavy atom.